The van der Waals surface area contributed by atoms with E-state index < -0.39 is 15.1 Å². The number of anilines is 2. The van der Waals surface area contributed by atoms with Crippen LogP contribution in [0.1, 0.15) is 73.3 Å². The van der Waals surface area contributed by atoms with E-state index in [0.717, 1.165) is 61.4 Å². The van der Waals surface area contributed by atoms with E-state index in [1.165, 1.54) is 30.2 Å². The highest BCUT2D eigenvalue weighted by Crippen LogP contribution is 2.43. The average molecular weight is 586 g/mol. The van der Waals surface area contributed by atoms with Gasteiger partial charge in [-0.25, -0.2) is 13.4 Å². The highest BCUT2D eigenvalue weighted by Gasteiger charge is 2.33. The van der Waals surface area contributed by atoms with Gasteiger partial charge in [-0.1, -0.05) is 11.6 Å². The number of nitrogens with one attached hydrogen (secondary N) is 2. The fourth-order valence-corrected chi connectivity index (χ4v) is 9.48. The normalized spacial score (nSPS) is 20.0. The Hall–Kier alpha value is -1.56. The zero-order chi connectivity index (χ0) is 26.9. The van der Waals surface area contributed by atoms with Crippen LogP contribution in [0, 0.1) is 0 Å². The molecule has 0 unspecified atom stereocenters. The third-order valence-electron chi connectivity index (χ3n) is 7.06. The molecule has 0 aliphatic heterocycles. The second-order valence-electron chi connectivity index (χ2n) is 10.2. The molecule has 8 nitrogen and oxygen atoms in total. The van der Waals surface area contributed by atoms with Crippen molar-refractivity contribution in [2.24, 2.45) is 0 Å². The molecular formula is C25H36ClN5O3S3. The topological polar surface area (TPSA) is 104 Å². The summed E-state index contributed by atoms with van der Waals surface area (Å²) in [7, 11) is 0.459. The average Bonchev–Trinajstić information content (AvgIpc) is 3.21. The molecule has 1 fully saturated rings. The molecule has 0 saturated heterocycles. The quantitative estimate of drug-likeness (QED) is 0.408. The molecule has 0 radical (unpaired) electrons. The van der Waals surface area contributed by atoms with Crippen LogP contribution in [0.3, 0.4) is 0 Å². The lowest BCUT2D eigenvalue weighted by molar-refractivity contribution is 0.0930. The third kappa shape index (κ3) is 6.04. The van der Waals surface area contributed by atoms with Crippen LogP contribution in [0.4, 0.5) is 11.8 Å². The molecule has 4 rings (SSSR count). The maximum atomic E-state index is 13.1. The van der Waals surface area contributed by atoms with Crippen molar-refractivity contribution in [1.29, 1.82) is 0 Å². The van der Waals surface area contributed by atoms with Gasteiger partial charge >= 0.3 is 0 Å². The van der Waals surface area contributed by atoms with Gasteiger partial charge in [-0.3, -0.25) is 4.79 Å². The summed E-state index contributed by atoms with van der Waals surface area (Å²) in [6.07, 6.45) is 9.55. The molecule has 2 aromatic heterocycles. The monoisotopic (exact) mass is 585 g/mol. The minimum Gasteiger partial charge on any atom is -0.362 e. The van der Waals surface area contributed by atoms with E-state index in [9.17, 15) is 13.2 Å². The summed E-state index contributed by atoms with van der Waals surface area (Å²) in [6.45, 7) is 3.24. The van der Waals surface area contributed by atoms with Crippen molar-refractivity contribution in [3.63, 3.8) is 0 Å². The number of aryl methyl sites for hydroxylation is 1. The van der Waals surface area contributed by atoms with Crippen LogP contribution in [-0.2, 0) is 22.7 Å². The SMILES string of the molecule is CSc1sc(C(=O)N[C@H]2CC[C@@H](Nc3nc4c(c(N(C)C)n3)CCCC4)CC2)c(Cl)c1S(=O)(=O)C(C)C. The summed E-state index contributed by atoms with van der Waals surface area (Å²) < 4.78 is 26.2. The third-order valence-corrected chi connectivity index (χ3v) is 12.4. The number of carbonyl (C=O) groups excluding carboxylic acids is 1. The number of sulfone groups is 1. The van der Waals surface area contributed by atoms with E-state index in [-0.39, 0.29) is 32.8 Å². The molecule has 2 N–H and O–H groups in total. The van der Waals surface area contributed by atoms with E-state index in [2.05, 4.69) is 15.5 Å². The van der Waals surface area contributed by atoms with Crippen LogP contribution >= 0.6 is 34.7 Å². The lowest BCUT2D eigenvalue weighted by atomic mass is 9.91. The predicted octanol–water partition coefficient (Wildman–Crippen LogP) is 5.19. The van der Waals surface area contributed by atoms with Gasteiger partial charge in [-0.05, 0) is 71.5 Å². The van der Waals surface area contributed by atoms with Crippen LogP contribution in [0.5, 0.6) is 0 Å². The van der Waals surface area contributed by atoms with Gasteiger partial charge in [0, 0.05) is 31.7 Å². The van der Waals surface area contributed by atoms with Gasteiger partial charge in [0.2, 0.25) is 5.95 Å². The Morgan fingerprint density at radius 1 is 1.11 bits per heavy atom. The number of halogens is 1. The minimum atomic E-state index is -3.59. The van der Waals surface area contributed by atoms with Gasteiger partial charge in [-0.2, -0.15) is 4.98 Å². The first kappa shape index (κ1) is 28.4. The fourth-order valence-electron chi connectivity index (χ4n) is 4.96. The molecule has 204 valence electrons. The van der Waals surface area contributed by atoms with Crippen molar-refractivity contribution in [2.45, 2.75) is 91.7 Å². The second kappa shape index (κ2) is 11.7. The molecule has 0 aromatic carbocycles. The van der Waals surface area contributed by atoms with E-state index in [0.29, 0.717) is 10.2 Å². The van der Waals surface area contributed by atoms with Crippen LogP contribution in [0.25, 0.3) is 0 Å². The lowest BCUT2D eigenvalue weighted by Crippen LogP contribution is -2.40. The van der Waals surface area contributed by atoms with Crippen molar-refractivity contribution < 1.29 is 13.2 Å². The Bertz CT molecular complexity index is 1250. The Labute approximate surface area is 233 Å². The number of hydrogen-bond acceptors (Lipinski definition) is 9. The van der Waals surface area contributed by atoms with E-state index in [1.54, 1.807) is 20.1 Å². The largest absolute Gasteiger partial charge is 0.362 e. The number of aromatic nitrogens is 2. The molecule has 2 aliphatic rings. The first-order chi connectivity index (χ1) is 17.5. The Morgan fingerprint density at radius 3 is 2.38 bits per heavy atom. The fraction of sp³-hybridized carbons (Fsp3) is 0.640. The van der Waals surface area contributed by atoms with Crippen molar-refractivity contribution in [2.75, 3.05) is 30.6 Å². The Kier molecular flexibility index (Phi) is 8.97. The molecule has 2 heterocycles. The molecule has 1 saturated carbocycles. The number of nitrogens with zero attached hydrogens (tertiary/aromatic N) is 3. The maximum Gasteiger partial charge on any atom is 0.263 e. The number of thioether (sulfide) groups is 1. The predicted molar refractivity (Wildman–Crippen MR) is 154 cm³/mol. The Balaban J connectivity index is 1.40. The van der Waals surface area contributed by atoms with Gasteiger partial charge in [-0.15, -0.1) is 23.1 Å². The van der Waals surface area contributed by atoms with Crippen molar-refractivity contribution in [3.8, 4) is 0 Å². The maximum absolute atomic E-state index is 13.1. The van der Waals surface area contributed by atoms with Gasteiger partial charge in [0.15, 0.2) is 9.84 Å². The molecule has 2 aromatic rings. The smallest absolute Gasteiger partial charge is 0.263 e. The number of hydrogen-bond donors (Lipinski definition) is 2. The van der Waals surface area contributed by atoms with Crippen molar-refractivity contribution >= 4 is 62.2 Å². The second-order valence-corrected chi connectivity index (χ2v) is 15.1. The first-order valence-electron chi connectivity index (χ1n) is 12.8. The van der Waals surface area contributed by atoms with Crippen LogP contribution in [-0.4, -0.2) is 62.0 Å². The van der Waals surface area contributed by atoms with Gasteiger partial charge in [0.1, 0.15) is 15.6 Å². The van der Waals surface area contributed by atoms with Crippen molar-refractivity contribution in [3.05, 3.63) is 21.2 Å². The van der Waals surface area contributed by atoms with E-state index in [1.807, 2.05) is 14.1 Å². The van der Waals surface area contributed by atoms with Crippen molar-refractivity contribution in [1.82, 2.24) is 15.3 Å². The Morgan fingerprint density at radius 2 is 1.76 bits per heavy atom. The number of rotatable bonds is 8. The van der Waals surface area contributed by atoms with Gasteiger partial charge in [0.05, 0.1) is 20.2 Å². The van der Waals surface area contributed by atoms with Crippen LogP contribution in [0.15, 0.2) is 9.10 Å². The minimum absolute atomic E-state index is 0.00777. The molecule has 0 bridgehead atoms. The van der Waals surface area contributed by atoms with Crippen LogP contribution in [0.2, 0.25) is 5.02 Å². The lowest BCUT2D eigenvalue weighted by Gasteiger charge is -2.30. The summed E-state index contributed by atoms with van der Waals surface area (Å²) in [5.74, 6) is 1.38. The molecule has 37 heavy (non-hydrogen) atoms. The van der Waals surface area contributed by atoms with Gasteiger partial charge < -0.3 is 15.5 Å². The van der Waals surface area contributed by atoms with Crippen LogP contribution < -0.4 is 15.5 Å². The molecule has 0 atom stereocenters. The molecule has 1 amide bonds. The zero-order valence-electron chi connectivity index (χ0n) is 22.1. The summed E-state index contributed by atoms with van der Waals surface area (Å²) in [5.41, 5.74) is 2.43. The summed E-state index contributed by atoms with van der Waals surface area (Å²) >= 11 is 8.93. The molecule has 2 aliphatic carbocycles. The van der Waals surface area contributed by atoms with E-state index in [4.69, 9.17) is 21.6 Å². The highest BCUT2D eigenvalue weighted by molar-refractivity contribution is 8.01. The number of thiophene rings is 1. The summed E-state index contributed by atoms with van der Waals surface area (Å²) in [5, 5.41) is 6.05. The molecule has 12 heteroatoms. The summed E-state index contributed by atoms with van der Waals surface area (Å²) in [4.78, 5) is 25.2. The number of amides is 1. The first-order valence-corrected chi connectivity index (χ1v) is 16.7. The number of carbonyl (C=O) groups is 1. The van der Waals surface area contributed by atoms with Gasteiger partial charge in [0.25, 0.3) is 5.91 Å². The molecule has 0 spiro atoms. The highest BCUT2D eigenvalue weighted by atomic mass is 35.5. The van der Waals surface area contributed by atoms with E-state index >= 15 is 0 Å². The zero-order valence-corrected chi connectivity index (χ0v) is 25.3. The standard InChI is InChI=1S/C25H36ClN5O3S3/c1-14(2)37(33,34)21-19(26)20(36-24(21)35-5)23(32)27-15-10-12-16(13-11-15)28-25-29-18-9-7-6-8-17(18)22(30-25)31(3)4/h14-16H,6-13H2,1-5H3,(H,27,32)(H,28,29,30)/t15-,16+. The molecular weight excluding hydrogens is 550 g/mol. The summed E-state index contributed by atoms with van der Waals surface area (Å²) in [6, 6.07) is 0.245. The number of fused-ring (bicyclic) bond motifs is 1.